The summed E-state index contributed by atoms with van der Waals surface area (Å²) in [5.74, 6) is 1.24. The van der Waals surface area contributed by atoms with Crippen molar-refractivity contribution in [3.05, 3.63) is 48.5 Å². The van der Waals surface area contributed by atoms with Crippen LogP contribution in [-0.4, -0.2) is 50.5 Å². The van der Waals surface area contributed by atoms with Gasteiger partial charge in [-0.2, -0.15) is 0 Å². The number of carbonyl (C=O) groups is 1. The zero-order valence-corrected chi connectivity index (χ0v) is 15.5. The van der Waals surface area contributed by atoms with Crippen LogP contribution in [0.1, 0.15) is 41.9 Å². The van der Waals surface area contributed by atoms with Crippen molar-refractivity contribution in [2.24, 2.45) is 11.3 Å². The average molecular weight is 381 g/mol. The van der Waals surface area contributed by atoms with E-state index in [-0.39, 0.29) is 5.91 Å². The number of piperidine rings is 1. The molecule has 0 radical (unpaired) electrons. The van der Waals surface area contributed by atoms with Gasteiger partial charge in [0.1, 0.15) is 5.82 Å². The predicted octanol–water partition coefficient (Wildman–Crippen LogP) is 2.07. The molecule has 0 aromatic carbocycles. The molecule has 2 unspecified atom stereocenters. The van der Waals surface area contributed by atoms with Gasteiger partial charge in [0, 0.05) is 43.6 Å². The van der Waals surface area contributed by atoms with Gasteiger partial charge in [-0.15, -0.1) is 0 Å². The Morgan fingerprint density at radius 3 is 3.04 bits per heavy atom. The monoisotopic (exact) mass is 381 g/mol. The highest BCUT2D eigenvalue weighted by atomic mass is 16.3. The van der Waals surface area contributed by atoms with Crippen molar-refractivity contribution >= 4 is 16.9 Å². The van der Waals surface area contributed by atoms with Gasteiger partial charge in [-0.1, -0.05) is 0 Å². The molecule has 8 nitrogen and oxygen atoms in total. The maximum absolute atomic E-state index is 12.4. The zero-order valence-electron chi connectivity index (χ0n) is 15.5. The van der Waals surface area contributed by atoms with Crippen LogP contribution in [0.4, 0.5) is 0 Å². The number of aliphatic hydroxyl groups is 1. The number of imidazole rings is 1. The maximum atomic E-state index is 12.4. The SMILES string of the molecule is O=C(NCC1CC12CCN(C(O)c1ncc[nH]1)CC2)c1cc2ccncc2o1. The number of fused-ring (bicyclic) bond motifs is 1. The third kappa shape index (κ3) is 3.08. The molecule has 2 aliphatic rings. The lowest BCUT2D eigenvalue weighted by molar-refractivity contribution is -0.0288. The van der Waals surface area contributed by atoms with E-state index in [1.54, 1.807) is 30.9 Å². The van der Waals surface area contributed by atoms with Crippen LogP contribution < -0.4 is 5.32 Å². The molecule has 1 amide bonds. The molecule has 3 aromatic heterocycles. The molecule has 5 rings (SSSR count). The van der Waals surface area contributed by atoms with Crippen LogP contribution in [0.3, 0.4) is 0 Å². The summed E-state index contributed by atoms with van der Waals surface area (Å²) in [6.45, 7) is 2.33. The Bertz CT molecular complexity index is 942. The van der Waals surface area contributed by atoms with Gasteiger partial charge in [-0.05, 0) is 42.7 Å². The Morgan fingerprint density at radius 2 is 2.29 bits per heavy atom. The Balaban J connectivity index is 1.13. The second-order valence-corrected chi connectivity index (χ2v) is 7.88. The third-order valence-electron chi connectivity index (χ3n) is 6.32. The Kier molecular flexibility index (Phi) is 4.17. The summed E-state index contributed by atoms with van der Waals surface area (Å²) in [5, 5.41) is 14.3. The fraction of sp³-hybridized carbons (Fsp3) is 0.450. The number of pyridine rings is 1. The summed E-state index contributed by atoms with van der Waals surface area (Å²) in [4.78, 5) is 25.6. The molecule has 2 atom stereocenters. The second kappa shape index (κ2) is 6.72. The Morgan fingerprint density at radius 1 is 1.43 bits per heavy atom. The first-order valence-corrected chi connectivity index (χ1v) is 9.68. The summed E-state index contributed by atoms with van der Waals surface area (Å²) in [5.41, 5.74) is 0.919. The van der Waals surface area contributed by atoms with Crippen molar-refractivity contribution in [3.8, 4) is 0 Å². The van der Waals surface area contributed by atoms with E-state index in [2.05, 4.69) is 25.2 Å². The van der Waals surface area contributed by atoms with Crippen molar-refractivity contribution in [2.45, 2.75) is 25.5 Å². The second-order valence-electron chi connectivity index (χ2n) is 7.88. The number of aromatic nitrogens is 3. The average Bonchev–Trinajstić information content (AvgIpc) is 3.13. The highest BCUT2D eigenvalue weighted by Crippen LogP contribution is 2.59. The van der Waals surface area contributed by atoms with E-state index < -0.39 is 6.23 Å². The minimum absolute atomic E-state index is 0.177. The maximum Gasteiger partial charge on any atom is 0.287 e. The topological polar surface area (TPSA) is 107 Å². The summed E-state index contributed by atoms with van der Waals surface area (Å²) in [7, 11) is 0. The number of hydrogen-bond acceptors (Lipinski definition) is 6. The van der Waals surface area contributed by atoms with Gasteiger partial charge in [-0.25, -0.2) is 4.98 Å². The lowest BCUT2D eigenvalue weighted by Crippen LogP contribution is -2.39. The van der Waals surface area contributed by atoms with E-state index >= 15 is 0 Å². The largest absolute Gasteiger partial charge is 0.449 e. The molecule has 4 heterocycles. The smallest absolute Gasteiger partial charge is 0.287 e. The molecule has 8 heteroatoms. The molecule has 1 spiro atoms. The van der Waals surface area contributed by atoms with Gasteiger partial charge in [0.25, 0.3) is 5.91 Å². The first kappa shape index (κ1) is 17.4. The molecule has 3 N–H and O–H groups in total. The van der Waals surface area contributed by atoms with Crippen LogP contribution in [0, 0.1) is 11.3 Å². The first-order valence-electron chi connectivity index (χ1n) is 9.68. The number of likely N-dealkylation sites (tertiary alicyclic amines) is 1. The number of nitrogens with one attached hydrogen (secondary N) is 2. The fourth-order valence-corrected chi connectivity index (χ4v) is 4.44. The van der Waals surface area contributed by atoms with Crippen molar-refractivity contribution < 1.29 is 14.3 Å². The third-order valence-corrected chi connectivity index (χ3v) is 6.32. The summed E-state index contributed by atoms with van der Waals surface area (Å²) in [6, 6.07) is 3.58. The molecule has 1 saturated heterocycles. The standard InChI is InChI=1S/C20H23N5O3/c26-18(15-9-13-1-4-21-12-16(13)28-15)24-11-14-10-20(14)2-7-25(8-3-20)19(27)17-22-5-6-23-17/h1,4-6,9,12,14,19,27H,2-3,7-8,10-11H2,(H,22,23)(H,24,26). The normalized spacial score (nSPS) is 22.4. The molecule has 28 heavy (non-hydrogen) atoms. The quantitative estimate of drug-likeness (QED) is 0.625. The highest BCUT2D eigenvalue weighted by Gasteiger charge is 2.54. The number of hydrogen-bond donors (Lipinski definition) is 3. The molecular formula is C20H23N5O3. The van der Waals surface area contributed by atoms with Crippen LogP contribution in [-0.2, 0) is 0 Å². The zero-order chi connectivity index (χ0) is 19.1. The molecule has 146 valence electrons. The van der Waals surface area contributed by atoms with Crippen molar-refractivity contribution in [1.29, 1.82) is 0 Å². The summed E-state index contributed by atoms with van der Waals surface area (Å²) < 4.78 is 5.58. The number of rotatable bonds is 5. The van der Waals surface area contributed by atoms with Crippen LogP contribution >= 0.6 is 0 Å². The molecule has 2 fully saturated rings. The van der Waals surface area contributed by atoms with Gasteiger partial charge in [-0.3, -0.25) is 14.7 Å². The van der Waals surface area contributed by atoms with Crippen molar-refractivity contribution in [1.82, 2.24) is 25.2 Å². The van der Waals surface area contributed by atoms with Gasteiger partial charge in [0.05, 0.1) is 6.20 Å². The van der Waals surface area contributed by atoms with E-state index in [0.717, 1.165) is 37.7 Å². The van der Waals surface area contributed by atoms with E-state index in [4.69, 9.17) is 4.42 Å². The van der Waals surface area contributed by atoms with Crippen LogP contribution in [0.5, 0.6) is 0 Å². The number of aliphatic hydroxyl groups excluding tert-OH is 1. The van der Waals surface area contributed by atoms with E-state index in [0.29, 0.717) is 35.0 Å². The number of nitrogens with zero attached hydrogens (tertiary/aromatic N) is 3. The summed E-state index contributed by atoms with van der Waals surface area (Å²) >= 11 is 0. The number of aromatic amines is 1. The highest BCUT2D eigenvalue weighted by molar-refractivity contribution is 5.95. The van der Waals surface area contributed by atoms with E-state index in [1.165, 1.54) is 0 Å². The fourth-order valence-electron chi connectivity index (χ4n) is 4.44. The molecule has 0 bridgehead atoms. The Labute approximate surface area is 162 Å². The van der Waals surface area contributed by atoms with Crippen LogP contribution in [0.25, 0.3) is 11.0 Å². The number of H-pyrrole nitrogens is 1. The van der Waals surface area contributed by atoms with Gasteiger partial charge < -0.3 is 19.8 Å². The van der Waals surface area contributed by atoms with Gasteiger partial charge >= 0.3 is 0 Å². The molecule has 1 saturated carbocycles. The first-order chi connectivity index (χ1) is 13.6. The number of amides is 1. The molecule has 3 aromatic rings. The predicted molar refractivity (Wildman–Crippen MR) is 101 cm³/mol. The number of carbonyl (C=O) groups excluding carboxylic acids is 1. The minimum atomic E-state index is -0.674. The molecule has 1 aliphatic carbocycles. The van der Waals surface area contributed by atoms with Crippen LogP contribution in [0.2, 0.25) is 0 Å². The van der Waals surface area contributed by atoms with E-state index in [1.807, 2.05) is 6.07 Å². The minimum Gasteiger partial charge on any atom is -0.449 e. The molecular weight excluding hydrogens is 358 g/mol. The van der Waals surface area contributed by atoms with Gasteiger partial charge in [0.15, 0.2) is 17.6 Å². The van der Waals surface area contributed by atoms with Crippen LogP contribution in [0.15, 0.2) is 41.3 Å². The lowest BCUT2D eigenvalue weighted by Gasteiger charge is -2.35. The number of furan rings is 1. The van der Waals surface area contributed by atoms with E-state index in [9.17, 15) is 9.90 Å². The van der Waals surface area contributed by atoms with Crippen molar-refractivity contribution in [3.63, 3.8) is 0 Å². The molecule has 1 aliphatic heterocycles. The Hall–Kier alpha value is -2.71. The van der Waals surface area contributed by atoms with Gasteiger partial charge in [0.2, 0.25) is 0 Å². The lowest BCUT2D eigenvalue weighted by atomic mass is 9.90. The van der Waals surface area contributed by atoms with Crippen molar-refractivity contribution in [2.75, 3.05) is 19.6 Å². The summed E-state index contributed by atoms with van der Waals surface area (Å²) in [6.07, 6.45) is 9.19.